The summed E-state index contributed by atoms with van der Waals surface area (Å²) >= 11 is 1.47. The van der Waals surface area contributed by atoms with Gasteiger partial charge in [-0.05, 0) is 30.4 Å². The molecule has 0 spiro atoms. The van der Waals surface area contributed by atoms with Gasteiger partial charge in [-0.1, -0.05) is 50.6 Å². The normalized spacial score (nSPS) is 24.9. The fourth-order valence-electron chi connectivity index (χ4n) is 3.57. The van der Waals surface area contributed by atoms with E-state index < -0.39 is 0 Å². The molecule has 0 saturated heterocycles. The first kappa shape index (κ1) is 16.5. The van der Waals surface area contributed by atoms with E-state index in [1.165, 1.54) is 18.2 Å². The van der Waals surface area contributed by atoms with Crippen LogP contribution in [0.4, 0.5) is 0 Å². The number of hydrogen-bond donors (Lipinski definition) is 1. The number of benzene rings is 1. The van der Waals surface area contributed by atoms with E-state index in [0.717, 1.165) is 23.5 Å². The Morgan fingerprint density at radius 1 is 1.30 bits per heavy atom. The first-order valence-corrected chi connectivity index (χ1v) is 9.37. The molecule has 1 fully saturated rings. The molecule has 23 heavy (non-hydrogen) atoms. The van der Waals surface area contributed by atoms with Gasteiger partial charge in [0.1, 0.15) is 0 Å². The number of fused-ring (bicyclic) bond motifs is 1. The highest BCUT2D eigenvalue weighted by Gasteiger charge is 2.31. The van der Waals surface area contributed by atoms with Crippen molar-refractivity contribution in [1.82, 2.24) is 9.55 Å². The van der Waals surface area contributed by atoms with Gasteiger partial charge in [0.05, 0.1) is 17.5 Å². The Morgan fingerprint density at radius 3 is 2.87 bits per heavy atom. The maximum Gasteiger partial charge on any atom is 0.262 e. The van der Waals surface area contributed by atoms with Gasteiger partial charge in [-0.15, -0.1) is 0 Å². The summed E-state index contributed by atoms with van der Waals surface area (Å²) in [5.74, 6) is 1.63. The molecule has 0 radical (unpaired) electrons. The number of aliphatic hydroxyl groups is 1. The van der Waals surface area contributed by atoms with Crippen LogP contribution in [0.3, 0.4) is 0 Å². The number of thioether (sulfide) groups is 1. The van der Waals surface area contributed by atoms with Crippen molar-refractivity contribution in [3.8, 4) is 0 Å². The predicted octanol–water partition coefficient (Wildman–Crippen LogP) is 3.48. The lowest BCUT2D eigenvalue weighted by Crippen LogP contribution is -2.35. The average Bonchev–Trinajstić information content (AvgIpc) is 2.56. The lowest BCUT2D eigenvalue weighted by Gasteiger charge is -2.36. The summed E-state index contributed by atoms with van der Waals surface area (Å²) < 4.78 is 1.91. The molecule has 2 aromatic rings. The fourth-order valence-corrected chi connectivity index (χ4v) is 4.37. The fraction of sp³-hybridized carbons (Fsp3) is 0.556. The van der Waals surface area contributed by atoms with Gasteiger partial charge < -0.3 is 5.11 Å². The molecule has 0 aliphatic heterocycles. The minimum absolute atomic E-state index is 0.0574. The molecule has 3 rings (SSSR count). The molecule has 0 amide bonds. The SMILES string of the molecule is C[C@H]1[C@H](n2c(SCCO)nc3ccccc3c2=O)CCC[C@@H]1C. The van der Waals surface area contributed by atoms with E-state index in [-0.39, 0.29) is 18.2 Å². The lowest BCUT2D eigenvalue weighted by molar-refractivity contribution is 0.173. The third-order valence-corrected chi connectivity index (χ3v) is 6.03. The van der Waals surface area contributed by atoms with Crippen molar-refractivity contribution in [2.24, 2.45) is 11.8 Å². The van der Waals surface area contributed by atoms with Gasteiger partial charge in [0.2, 0.25) is 0 Å². The number of aliphatic hydroxyl groups excluding tert-OH is 1. The molecule has 1 aromatic carbocycles. The van der Waals surface area contributed by atoms with Crippen molar-refractivity contribution < 1.29 is 5.11 Å². The van der Waals surface area contributed by atoms with Crippen LogP contribution in [0.1, 0.15) is 39.2 Å². The molecule has 1 heterocycles. The van der Waals surface area contributed by atoms with Gasteiger partial charge in [0.25, 0.3) is 5.56 Å². The third kappa shape index (κ3) is 3.17. The Morgan fingerprint density at radius 2 is 2.09 bits per heavy atom. The second-order valence-corrected chi connectivity index (χ2v) is 7.56. The Labute approximate surface area is 140 Å². The standard InChI is InChI=1S/C18H24N2O2S/c1-12-6-5-9-16(13(12)2)20-17(22)14-7-3-4-8-15(14)19-18(20)23-11-10-21/h3-4,7-8,12-13,16,21H,5-6,9-11H2,1-2H3/t12-,13+,16+/m0/s1. The zero-order chi connectivity index (χ0) is 16.4. The summed E-state index contributed by atoms with van der Waals surface area (Å²) in [5.41, 5.74) is 0.799. The summed E-state index contributed by atoms with van der Waals surface area (Å²) in [4.78, 5) is 17.8. The molecule has 1 aliphatic rings. The quantitative estimate of drug-likeness (QED) is 0.688. The Kier molecular flexibility index (Phi) is 5.07. The molecule has 1 aromatic heterocycles. The number of rotatable bonds is 4. The maximum absolute atomic E-state index is 13.1. The molecular weight excluding hydrogens is 308 g/mol. The number of para-hydroxylation sites is 1. The minimum atomic E-state index is 0.0574. The van der Waals surface area contributed by atoms with Crippen LogP contribution in [-0.4, -0.2) is 27.0 Å². The Balaban J connectivity index is 2.16. The molecule has 1 saturated carbocycles. The highest BCUT2D eigenvalue weighted by Crippen LogP contribution is 2.38. The van der Waals surface area contributed by atoms with Crippen molar-refractivity contribution >= 4 is 22.7 Å². The molecule has 5 heteroatoms. The molecule has 1 aliphatic carbocycles. The summed E-state index contributed by atoms with van der Waals surface area (Å²) in [6, 6.07) is 7.74. The van der Waals surface area contributed by atoms with Crippen LogP contribution in [-0.2, 0) is 0 Å². The van der Waals surface area contributed by atoms with Gasteiger partial charge in [0, 0.05) is 11.8 Å². The van der Waals surface area contributed by atoms with E-state index in [0.29, 0.717) is 23.0 Å². The van der Waals surface area contributed by atoms with Crippen molar-refractivity contribution in [3.63, 3.8) is 0 Å². The number of hydrogen-bond acceptors (Lipinski definition) is 4. The minimum Gasteiger partial charge on any atom is -0.396 e. The van der Waals surface area contributed by atoms with Crippen molar-refractivity contribution in [2.45, 2.75) is 44.3 Å². The monoisotopic (exact) mass is 332 g/mol. The summed E-state index contributed by atoms with van der Waals surface area (Å²) in [6.45, 7) is 4.61. The van der Waals surface area contributed by atoms with E-state index in [1.54, 1.807) is 0 Å². The molecule has 3 atom stereocenters. The highest BCUT2D eigenvalue weighted by atomic mass is 32.2. The Bertz CT molecular complexity index is 743. The van der Waals surface area contributed by atoms with E-state index in [1.807, 2.05) is 28.8 Å². The van der Waals surface area contributed by atoms with Crippen LogP contribution < -0.4 is 5.56 Å². The van der Waals surface area contributed by atoms with Gasteiger partial charge in [-0.25, -0.2) is 4.98 Å². The number of nitrogens with zero attached hydrogens (tertiary/aromatic N) is 2. The second-order valence-electron chi connectivity index (χ2n) is 6.49. The first-order valence-electron chi connectivity index (χ1n) is 8.38. The molecule has 0 bridgehead atoms. The van der Waals surface area contributed by atoms with Crippen molar-refractivity contribution in [2.75, 3.05) is 12.4 Å². The van der Waals surface area contributed by atoms with Crippen molar-refractivity contribution in [3.05, 3.63) is 34.6 Å². The lowest BCUT2D eigenvalue weighted by atomic mass is 9.78. The summed E-state index contributed by atoms with van der Waals surface area (Å²) in [5, 5.41) is 10.6. The molecule has 4 nitrogen and oxygen atoms in total. The van der Waals surface area contributed by atoms with Crippen LogP contribution in [0.2, 0.25) is 0 Å². The summed E-state index contributed by atoms with van der Waals surface area (Å²) in [7, 11) is 0. The maximum atomic E-state index is 13.1. The predicted molar refractivity (Wildman–Crippen MR) is 95.0 cm³/mol. The van der Waals surface area contributed by atoms with Crippen LogP contribution in [0.5, 0.6) is 0 Å². The summed E-state index contributed by atoms with van der Waals surface area (Å²) in [6.07, 6.45) is 3.41. The van der Waals surface area contributed by atoms with E-state index >= 15 is 0 Å². The first-order chi connectivity index (χ1) is 11.1. The topological polar surface area (TPSA) is 55.1 Å². The zero-order valence-corrected chi connectivity index (χ0v) is 14.6. The molecule has 1 N–H and O–H groups in total. The van der Waals surface area contributed by atoms with Gasteiger partial charge >= 0.3 is 0 Å². The number of aromatic nitrogens is 2. The largest absolute Gasteiger partial charge is 0.396 e. The van der Waals surface area contributed by atoms with Gasteiger partial charge in [-0.3, -0.25) is 9.36 Å². The average molecular weight is 332 g/mol. The zero-order valence-electron chi connectivity index (χ0n) is 13.7. The highest BCUT2D eigenvalue weighted by molar-refractivity contribution is 7.99. The van der Waals surface area contributed by atoms with Crippen LogP contribution in [0, 0.1) is 11.8 Å². The molecule has 0 unspecified atom stereocenters. The molecular formula is C18H24N2O2S. The van der Waals surface area contributed by atoms with Crippen LogP contribution in [0.15, 0.2) is 34.2 Å². The smallest absolute Gasteiger partial charge is 0.262 e. The molecule has 124 valence electrons. The van der Waals surface area contributed by atoms with Gasteiger partial charge in [-0.2, -0.15) is 0 Å². The van der Waals surface area contributed by atoms with Crippen LogP contribution >= 0.6 is 11.8 Å². The third-order valence-electron chi connectivity index (χ3n) is 5.09. The van der Waals surface area contributed by atoms with E-state index in [2.05, 4.69) is 13.8 Å². The Hall–Kier alpha value is -1.33. The van der Waals surface area contributed by atoms with Crippen LogP contribution in [0.25, 0.3) is 10.9 Å². The second kappa shape index (κ2) is 7.05. The van der Waals surface area contributed by atoms with E-state index in [9.17, 15) is 4.79 Å². The van der Waals surface area contributed by atoms with E-state index in [4.69, 9.17) is 10.1 Å². The van der Waals surface area contributed by atoms with Gasteiger partial charge in [0.15, 0.2) is 5.16 Å². The van der Waals surface area contributed by atoms with Crippen molar-refractivity contribution in [1.29, 1.82) is 0 Å².